The van der Waals surface area contributed by atoms with E-state index in [2.05, 4.69) is 20.5 Å². The average molecular weight is 308 g/mol. The van der Waals surface area contributed by atoms with Gasteiger partial charge < -0.3 is 0 Å². The van der Waals surface area contributed by atoms with Crippen LogP contribution in [0.3, 0.4) is 0 Å². The van der Waals surface area contributed by atoms with Crippen molar-refractivity contribution in [3.05, 3.63) is 0 Å². The lowest BCUT2D eigenvalue weighted by atomic mass is 9.93. The molecule has 0 heterocycles. The van der Waals surface area contributed by atoms with Crippen molar-refractivity contribution in [3.63, 3.8) is 0 Å². The minimum absolute atomic E-state index is 0.00886. The van der Waals surface area contributed by atoms with Gasteiger partial charge in [-0.25, -0.2) is 22.1 Å². The van der Waals surface area contributed by atoms with E-state index in [1.807, 2.05) is 0 Å². The van der Waals surface area contributed by atoms with E-state index in [1.165, 1.54) is 0 Å². The van der Waals surface area contributed by atoms with Crippen LogP contribution >= 0.6 is 0 Å². The maximum absolute atomic E-state index is 7.29. The van der Waals surface area contributed by atoms with Crippen LogP contribution in [0.2, 0.25) is 0 Å². The molecule has 4 N–H and O–H groups in total. The van der Waals surface area contributed by atoms with Gasteiger partial charge in [-0.3, -0.25) is 0 Å². The molecule has 1 saturated carbocycles. The first-order chi connectivity index (χ1) is 10.7. The quantitative estimate of drug-likeness (QED) is 0.486. The SMILES string of the molecule is N=NC1CCCC(N=N)CCC(N=N)CCCC(N=N)CC1. The van der Waals surface area contributed by atoms with Gasteiger partial charge in [0.1, 0.15) is 0 Å². The number of nitrogens with zero attached hydrogens (tertiary/aromatic N) is 4. The molecule has 1 aliphatic carbocycles. The minimum atomic E-state index is 0.00886. The van der Waals surface area contributed by atoms with Gasteiger partial charge in [0, 0.05) is 0 Å². The number of rotatable bonds is 4. The molecule has 0 aromatic rings. The Morgan fingerprint density at radius 2 is 0.636 bits per heavy atom. The summed E-state index contributed by atoms with van der Waals surface area (Å²) in [5.41, 5.74) is 29.2. The molecule has 1 rings (SSSR count). The number of hydrogen-bond acceptors (Lipinski definition) is 8. The molecule has 1 fully saturated rings. The van der Waals surface area contributed by atoms with Gasteiger partial charge in [0.15, 0.2) is 0 Å². The Kier molecular flexibility index (Phi) is 9.25. The summed E-state index contributed by atoms with van der Waals surface area (Å²) in [5.74, 6) is 0. The highest BCUT2D eigenvalue weighted by atomic mass is 15.0. The summed E-state index contributed by atoms with van der Waals surface area (Å²) in [6.07, 6.45) is 8.36. The zero-order valence-corrected chi connectivity index (χ0v) is 13.2. The van der Waals surface area contributed by atoms with E-state index < -0.39 is 0 Å². The van der Waals surface area contributed by atoms with Crippen LogP contribution in [-0.2, 0) is 0 Å². The van der Waals surface area contributed by atoms with Crippen molar-refractivity contribution in [2.75, 3.05) is 0 Å². The van der Waals surface area contributed by atoms with Crippen LogP contribution in [0.5, 0.6) is 0 Å². The summed E-state index contributed by atoms with van der Waals surface area (Å²) in [6.45, 7) is 0. The van der Waals surface area contributed by atoms with Crippen LogP contribution in [0.1, 0.15) is 64.2 Å². The molecule has 4 atom stereocenters. The maximum atomic E-state index is 7.29. The molecule has 4 unspecified atom stereocenters. The molecule has 8 nitrogen and oxygen atoms in total. The van der Waals surface area contributed by atoms with Crippen LogP contribution in [0, 0.1) is 22.1 Å². The monoisotopic (exact) mass is 308 g/mol. The lowest BCUT2D eigenvalue weighted by Crippen LogP contribution is -2.15. The smallest absolute Gasteiger partial charge is 0.0706 e. The van der Waals surface area contributed by atoms with Crippen molar-refractivity contribution >= 4 is 0 Å². The molecule has 8 heteroatoms. The third-order valence-electron chi connectivity index (χ3n) is 4.55. The Labute approximate surface area is 131 Å². The fraction of sp³-hybridized carbons (Fsp3) is 1.00. The fourth-order valence-corrected chi connectivity index (χ4v) is 3.04. The normalized spacial score (nSPS) is 32.4. The summed E-state index contributed by atoms with van der Waals surface area (Å²) < 4.78 is 0. The molecule has 0 aromatic carbocycles. The van der Waals surface area contributed by atoms with Gasteiger partial charge >= 0.3 is 0 Å². The molecule has 0 saturated heterocycles. The van der Waals surface area contributed by atoms with Crippen molar-refractivity contribution in [1.82, 2.24) is 0 Å². The molecule has 0 amide bonds. The molecule has 0 aromatic heterocycles. The first-order valence-corrected chi connectivity index (χ1v) is 8.19. The van der Waals surface area contributed by atoms with E-state index in [4.69, 9.17) is 22.1 Å². The van der Waals surface area contributed by atoms with Gasteiger partial charge in [-0.1, -0.05) is 0 Å². The molecule has 124 valence electrons. The Morgan fingerprint density at radius 1 is 0.409 bits per heavy atom. The standard InChI is InChI=1S/C14H28N8/c15-19-11-3-1-4-12(20-16)8-10-14(22-18)6-2-5-13(21-17)9-7-11/h11-18H,1-10H2. The van der Waals surface area contributed by atoms with Gasteiger partial charge in [0.25, 0.3) is 0 Å². The van der Waals surface area contributed by atoms with Gasteiger partial charge in [-0.2, -0.15) is 20.5 Å². The predicted molar refractivity (Wildman–Crippen MR) is 81.9 cm³/mol. The second kappa shape index (κ2) is 11.0. The largest absolute Gasteiger partial charge is 0.210 e. The van der Waals surface area contributed by atoms with Crippen molar-refractivity contribution in [2.24, 2.45) is 20.5 Å². The Hall–Kier alpha value is -1.60. The van der Waals surface area contributed by atoms with Crippen molar-refractivity contribution in [3.8, 4) is 0 Å². The van der Waals surface area contributed by atoms with Crippen molar-refractivity contribution in [2.45, 2.75) is 88.4 Å². The number of hydrogen-bond donors (Lipinski definition) is 4. The van der Waals surface area contributed by atoms with Crippen LogP contribution in [0.15, 0.2) is 20.5 Å². The summed E-state index contributed by atoms with van der Waals surface area (Å²) in [7, 11) is 0. The second-order valence-corrected chi connectivity index (χ2v) is 6.15. The molecular weight excluding hydrogens is 280 g/mol. The Balaban J connectivity index is 2.63. The highest BCUT2D eigenvalue weighted by molar-refractivity contribution is 4.76. The molecule has 1 aliphatic rings. The molecule has 0 radical (unpaired) electrons. The molecule has 22 heavy (non-hydrogen) atoms. The molecule has 0 spiro atoms. The molecule has 0 aliphatic heterocycles. The van der Waals surface area contributed by atoms with Gasteiger partial charge in [0.05, 0.1) is 24.2 Å². The first kappa shape index (κ1) is 18.4. The van der Waals surface area contributed by atoms with E-state index in [9.17, 15) is 0 Å². The topological polar surface area (TPSA) is 145 Å². The van der Waals surface area contributed by atoms with Crippen molar-refractivity contribution < 1.29 is 0 Å². The van der Waals surface area contributed by atoms with E-state index in [-0.39, 0.29) is 24.2 Å². The lowest BCUT2D eigenvalue weighted by Gasteiger charge is -2.18. The summed E-state index contributed by atoms with van der Waals surface area (Å²) in [6, 6.07) is 0.0354. The minimum Gasteiger partial charge on any atom is -0.210 e. The zero-order chi connectivity index (χ0) is 16.2. The zero-order valence-electron chi connectivity index (χ0n) is 13.2. The Morgan fingerprint density at radius 3 is 0.818 bits per heavy atom. The van der Waals surface area contributed by atoms with Gasteiger partial charge in [-0.05, 0) is 64.2 Å². The van der Waals surface area contributed by atoms with E-state index in [1.54, 1.807) is 0 Å². The van der Waals surface area contributed by atoms with E-state index in [0.29, 0.717) is 0 Å². The van der Waals surface area contributed by atoms with E-state index >= 15 is 0 Å². The average Bonchev–Trinajstić information content (AvgIpc) is 2.56. The predicted octanol–water partition coefficient (Wildman–Crippen LogP) is 5.50. The summed E-state index contributed by atoms with van der Waals surface area (Å²) in [5, 5.41) is 14.8. The lowest BCUT2D eigenvalue weighted by molar-refractivity contribution is 0.387. The highest BCUT2D eigenvalue weighted by Gasteiger charge is 2.17. The molecular formula is C14H28N8. The summed E-state index contributed by atoms with van der Waals surface area (Å²) in [4.78, 5) is 0. The highest BCUT2D eigenvalue weighted by Crippen LogP contribution is 2.22. The van der Waals surface area contributed by atoms with Crippen LogP contribution in [0.4, 0.5) is 0 Å². The maximum Gasteiger partial charge on any atom is 0.0706 e. The number of nitrogens with one attached hydrogen (secondary N) is 4. The fourth-order valence-electron chi connectivity index (χ4n) is 3.04. The van der Waals surface area contributed by atoms with Gasteiger partial charge in [-0.15, -0.1) is 0 Å². The van der Waals surface area contributed by atoms with Crippen LogP contribution < -0.4 is 0 Å². The molecule has 0 bridgehead atoms. The summed E-state index contributed by atoms with van der Waals surface area (Å²) >= 11 is 0. The van der Waals surface area contributed by atoms with Crippen LogP contribution in [-0.4, -0.2) is 24.2 Å². The van der Waals surface area contributed by atoms with Crippen molar-refractivity contribution in [1.29, 1.82) is 22.1 Å². The third kappa shape index (κ3) is 6.91. The Bertz CT molecular complexity index is 293. The van der Waals surface area contributed by atoms with E-state index in [0.717, 1.165) is 64.2 Å². The second-order valence-electron chi connectivity index (χ2n) is 6.15. The van der Waals surface area contributed by atoms with Gasteiger partial charge in [0.2, 0.25) is 0 Å². The first-order valence-electron chi connectivity index (χ1n) is 8.19. The van der Waals surface area contributed by atoms with Crippen LogP contribution in [0.25, 0.3) is 0 Å². The third-order valence-corrected chi connectivity index (χ3v) is 4.55.